The van der Waals surface area contributed by atoms with Gasteiger partial charge in [0.05, 0.1) is 14.2 Å². The molecule has 0 aromatic heterocycles. The highest BCUT2D eigenvalue weighted by molar-refractivity contribution is 9.10. The van der Waals surface area contributed by atoms with Gasteiger partial charge >= 0.3 is 0 Å². The summed E-state index contributed by atoms with van der Waals surface area (Å²) < 4.78 is 24.9. The van der Waals surface area contributed by atoms with Crippen LogP contribution in [0, 0.1) is 5.82 Å². The molecule has 0 radical (unpaired) electrons. The fraction of sp³-hybridized carbons (Fsp3) is 0.500. The summed E-state index contributed by atoms with van der Waals surface area (Å²) in [5.74, 6) is -0.221. The van der Waals surface area contributed by atoms with Crippen molar-refractivity contribution in [1.82, 2.24) is 0 Å². The number of rotatable bonds is 4. The first-order valence-electron chi connectivity index (χ1n) is 6.29. The molecule has 108 valence electrons. The zero-order valence-corrected chi connectivity index (χ0v) is 12.9. The molecule has 1 fully saturated rings. The topological polar surface area (TPSA) is 47.9 Å². The van der Waals surface area contributed by atoms with Gasteiger partial charge in [-0.25, -0.2) is 9.18 Å². The smallest absolute Gasteiger partial charge is 0.235 e. The quantitative estimate of drug-likeness (QED) is 0.618. The molecule has 1 aliphatic rings. The first-order valence-corrected chi connectivity index (χ1v) is 7.08. The molecule has 6 heteroatoms. The number of hydrogen-bond donors (Lipinski definition) is 0. The number of isocyanates is 1. The van der Waals surface area contributed by atoms with Gasteiger partial charge in [0.1, 0.15) is 5.54 Å². The van der Waals surface area contributed by atoms with Gasteiger partial charge in [0, 0.05) is 10.0 Å². The molecule has 0 atom stereocenters. The Morgan fingerprint density at radius 1 is 1.30 bits per heavy atom. The second kappa shape index (κ2) is 5.94. The minimum Gasteiger partial charge on any atom is -0.492 e. The molecular weight excluding hydrogens is 329 g/mol. The van der Waals surface area contributed by atoms with Gasteiger partial charge in [-0.2, -0.15) is 4.99 Å². The van der Waals surface area contributed by atoms with Crippen molar-refractivity contribution in [3.05, 3.63) is 21.9 Å². The highest BCUT2D eigenvalue weighted by Gasteiger charge is 2.41. The standard InChI is InChI=1S/C14H15BrFNO3/c1-19-12-10(16)7-9(15)11(13(12)20-2)14(17-8-18)5-3-4-6-14/h7H,3-6H2,1-2H3. The lowest BCUT2D eigenvalue weighted by atomic mass is 9.87. The van der Waals surface area contributed by atoms with E-state index in [-0.39, 0.29) is 11.5 Å². The second-order valence-corrected chi connectivity index (χ2v) is 5.58. The number of nitrogens with zero attached hydrogens (tertiary/aromatic N) is 1. The molecule has 0 bridgehead atoms. The third kappa shape index (κ3) is 2.34. The predicted octanol–water partition coefficient (Wildman–Crippen LogP) is 3.71. The number of ether oxygens (including phenoxy) is 2. The average molecular weight is 344 g/mol. The van der Waals surface area contributed by atoms with Crippen molar-refractivity contribution in [3.8, 4) is 11.5 Å². The van der Waals surface area contributed by atoms with E-state index in [0.29, 0.717) is 22.9 Å². The summed E-state index contributed by atoms with van der Waals surface area (Å²) >= 11 is 3.35. The van der Waals surface area contributed by atoms with E-state index in [1.54, 1.807) is 6.08 Å². The van der Waals surface area contributed by atoms with E-state index in [1.807, 2.05) is 0 Å². The number of carbonyl (C=O) groups excluding carboxylic acids is 1. The molecule has 4 nitrogen and oxygen atoms in total. The van der Waals surface area contributed by atoms with Gasteiger partial charge in [0.2, 0.25) is 6.08 Å². The van der Waals surface area contributed by atoms with E-state index in [2.05, 4.69) is 20.9 Å². The molecule has 20 heavy (non-hydrogen) atoms. The lowest BCUT2D eigenvalue weighted by Crippen LogP contribution is -2.21. The Bertz CT molecular complexity index is 564. The van der Waals surface area contributed by atoms with E-state index >= 15 is 0 Å². The SMILES string of the molecule is COc1c(F)cc(Br)c(C2(N=C=O)CCCC2)c1OC. The van der Waals surface area contributed by atoms with Gasteiger partial charge in [-0.15, -0.1) is 0 Å². The summed E-state index contributed by atoms with van der Waals surface area (Å²) in [7, 11) is 2.82. The Labute approximate surface area is 125 Å². The van der Waals surface area contributed by atoms with Crippen LogP contribution < -0.4 is 9.47 Å². The Kier molecular flexibility index (Phi) is 4.45. The predicted molar refractivity (Wildman–Crippen MR) is 75.5 cm³/mol. The van der Waals surface area contributed by atoms with E-state index in [0.717, 1.165) is 12.8 Å². The third-order valence-electron chi connectivity index (χ3n) is 3.71. The summed E-state index contributed by atoms with van der Waals surface area (Å²) in [6.45, 7) is 0. The molecule has 0 aliphatic heterocycles. The number of hydrogen-bond acceptors (Lipinski definition) is 4. The summed E-state index contributed by atoms with van der Waals surface area (Å²) in [6.07, 6.45) is 4.93. The van der Waals surface area contributed by atoms with Crippen molar-refractivity contribution in [1.29, 1.82) is 0 Å². The van der Waals surface area contributed by atoms with Crippen LogP contribution >= 0.6 is 15.9 Å². The normalized spacial score (nSPS) is 16.6. The molecule has 1 aliphatic carbocycles. The van der Waals surface area contributed by atoms with Crippen LogP contribution in [0.1, 0.15) is 31.2 Å². The molecule has 0 amide bonds. The lowest BCUT2D eigenvalue weighted by Gasteiger charge is -2.27. The molecule has 0 unspecified atom stereocenters. The van der Waals surface area contributed by atoms with Crippen molar-refractivity contribution >= 4 is 22.0 Å². The second-order valence-electron chi connectivity index (χ2n) is 4.72. The number of aliphatic imine (C=N–C) groups is 1. The highest BCUT2D eigenvalue weighted by Crippen LogP contribution is 2.51. The molecule has 1 saturated carbocycles. The van der Waals surface area contributed by atoms with Crippen molar-refractivity contribution in [2.45, 2.75) is 31.2 Å². The fourth-order valence-electron chi connectivity index (χ4n) is 2.86. The summed E-state index contributed by atoms with van der Waals surface area (Å²) in [5, 5.41) is 0. The molecule has 1 aromatic rings. The first kappa shape index (κ1) is 15.0. The maximum Gasteiger partial charge on any atom is 0.235 e. The zero-order chi connectivity index (χ0) is 14.8. The van der Waals surface area contributed by atoms with Crippen LogP contribution in [-0.2, 0) is 10.3 Å². The van der Waals surface area contributed by atoms with Gasteiger partial charge in [-0.1, -0.05) is 28.8 Å². The van der Waals surface area contributed by atoms with E-state index in [1.165, 1.54) is 20.3 Å². The van der Waals surface area contributed by atoms with Gasteiger partial charge < -0.3 is 9.47 Å². The highest BCUT2D eigenvalue weighted by atomic mass is 79.9. The largest absolute Gasteiger partial charge is 0.492 e. The fourth-order valence-corrected chi connectivity index (χ4v) is 3.61. The molecule has 2 rings (SSSR count). The molecule has 1 aromatic carbocycles. The Hall–Kier alpha value is -1.39. The van der Waals surface area contributed by atoms with Crippen molar-refractivity contribution in [2.24, 2.45) is 4.99 Å². The Balaban J connectivity index is 2.74. The summed E-state index contributed by atoms with van der Waals surface area (Å²) in [5.41, 5.74) is -0.0634. The number of methoxy groups -OCH3 is 2. The van der Waals surface area contributed by atoms with Gasteiger partial charge in [-0.05, 0) is 18.9 Å². The lowest BCUT2D eigenvalue weighted by molar-refractivity contribution is 0.322. The van der Waals surface area contributed by atoms with Crippen LogP contribution in [0.5, 0.6) is 11.5 Å². The molecule has 0 saturated heterocycles. The molecule has 0 heterocycles. The van der Waals surface area contributed by atoms with Crippen molar-refractivity contribution < 1.29 is 18.7 Å². The van der Waals surface area contributed by atoms with Crippen LogP contribution in [0.2, 0.25) is 0 Å². The molecule has 0 N–H and O–H groups in total. The van der Waals surface area contributed by atoms with Crippen LogP contribution in [-0.4, -0.2) is 20.3 Å². The Morgan fingerprint density at radius 2 is 1.90 bits per heavy atom. The van der Waals surface area contributed by atoms with Gasteiger partial charge in [0.15, 0.2) is 17.3 Å². The third-order valence-corrected chi connectivity index (χ3v) is 4.33. The van der Waals surface area contributed by atoms with E-state index < -0.39 is 11.4 Å². The minimum atomic E-state index is -0.715. The number of halogens is 2. The summed E-state index contributed by atoms with van der Waals surface area (Å²) in [4.78, 5) is 14.8. The Morgan fingerprint density at radius 3 is 2.40 bits per heavy atom. The number of benzene rings is 1. The maximum absolute atomic E-state index is 13.9. The molecule has 0 spiro atoms. The average Bonchev–Trinajstić information content (AvgIpc) is 2.87. The van der Waals surface area contributed by atoms with Crippen LogP contribution in [0.4, 0.5) is 4.39 Å². The maximum atomic E-state index is 13.9. The molecular formula is C14H15BrFNO3. The van der Waals surface area contributed by atoms with Crippen molar-refractivity contribution in [2.75, 3.05) is 14.2 Å². The van der Waals surface area contributed by atoms with Crippen LogP contribution in [0.25, 0.3) is 0 Å². The first-order chi connectivity index (χ1) is 9.59. The minimum absolute atomic E-state index is 0.0260. The van der Waals surface area contributed by atoms with Crippen LogP contribution in [0.15, 0.2) is 15.5 Å². The van der Waals surface area contributed by atoms with Gasteiger partial charge in [0.25, 0.3) is 0 Å². The van der Waals surface area contributed by atoms with Gasteiger partial charge in [-0.3, -0.25) is 0 Å². The monoisotopic (exact) mass is 343 g/mol. The zero-order valence-electron chi connectivity index (χ0n) is 11.3. The van der Waals surface area contributed by atoms with E-state index in [4.69, 9.17) is 9.47 Å². The summed E-state index contributed by atoms with van der Waals surface area (Å²) in [6, 6.07) is 1.32. The van der Waals surface area contributed by atoms with Crippen molar-refractivity contribution in [3.63, 3.8) is 0 Å². The van der Waals surface area contributed by atoms with E-state index in [9.17, 15) is 9.18 Å². The van der Waals surface area contributed by atoms with Crippen LogP contribution in [0.3, 0.4) is 0 Å².